The first-order valence-corrected chi connectivity index (χ1v) is 5.72. The molecule has 0 amide bonds. The Balaban J connectivity index is 2.36. The zero-order valence-corrected chi connectivity index (χ0v) is 7.25. The van der Waals surface area contributed by atoms with Crippen molar-refractivity contribution < 1.29 is 15.9 Å². The second-order valence-electron chi connectivity index (χ2n) is 2.25. The van der Waals surface area contributed by atoms with E-state index in [9.17, 15) is 8.76 Å². The highest BCUT2D eigenvalue weighted by molar-refractivity contribution is 7.54. The van der Waals surface area contributed by atoms with E-state index in [1.165, 1.54) is 0 Å². The molecule has 52 valence electrons. The fourth-order valence-corrected chi connectivity index (χ4v) is 4.50. The maximum atomic E-state index is 12.0. The van der Waals surface area contributed by atoms with Gasteiger partial charge in [0.1, 0.15) is 0 Å². The van der Waals surface area contributed by atoms with Gasteiger partial charge in [-0.05, 0) is 4.78 Å². The molecular formula is C3H7AlFO3P. The highest BCUT2D eigenvalue weighted by atomic mass is 31.2. The molecule has 0 radical (unpaired) electrons. The minimum Gasteiger partial charge on any atom is -0.385 e. The average Bonchev–Trinajstić information content (AvgIpc) is 1.59. The standard InChI is InChI=1S/C3H7.Al.FH2O3P/c1-3-2;;1-5(2,3)4/h3H,1-2H3;;(H2,2,3,4)/q;+2;/p-2. The van der Waals surface area contributed by atoms with Crippen LogP contribution in [0.2, 0.25) is 4.78 Å². The van der Waals surface area contributed by atoms with Crippen molar-refractivity contribution in [2.45, 2.75) is 18.6 Å². The molecule has 0 spiro atoms. The van der Waals surface area contributed by atoms with Crippen molar-refractivity contribution in [1.29, 1.82) is 0 Å². The molecule has 0 aromatic heterocycles. The van der Waals surface area contributed by atoms with Gasteiger partial charge >= 0.3 is 22.7 Å². The van der Waals surface area contributed by atoms with Crippen molar-refractivity contribution in [2.24, 2.45) is 0 Å². The van der Waals surface area contributed by atoms with E-state index in [1.54, 1.807) is 0 Å². The maximum Gasteiger partial charge on any atom is 0.694 e. The summed E-state index contributed by atoms with van der Waals surface area (Å²) in [6, 6.07) is 0. The fourth-order valence-electron chi connectivity index (χ4n) is 0.500. The van der Waals surface area contributed by atoms with Gasteiger partial charge in [-0.15, -0.1) is 4.20 Å². The summed E-state index contributed by atoms with van der Waals surface area (Å²) in [6.07, 6.45) is 0. The Labute approximate surface area is 57.9 Å². The van der Waals surface area contributed by atoms with Crippen molar-refractivity contribution in [3.8, 4) is 0 Å². The van der Waals surface area contributed by atoms with E-state index < -0.39 is 22.7 Å². The highest BCUT2D eigenvalue weighted by Gasteiger charge is 2.53. The Bertz CT molecular complexity index is 151. The van der Waals surface area contributed by atoms with E-state index in [0.717, 1.165) is 0 Å². The molecular weight excluding hydrogens is 161 g/mol. The van der Waals surface area contributed by atoms with E-state index >= 15 is 0 Å². The molecule has 1 saturated heterocycles. The van der Waals surface area contributed by atoms with Crippen LogP contribution >= 0.6 is 7.91 Å². The normalized spacial score (nSPS) is 24.2. The molecule has 1 rings (SSSR count). The van der Waals surface area contributed by atoms with E-state index in [1.807, 2.05) is 13.8 Å². The molecule has 0 bridgehead atoms. The molecule has 0 aromatic rings. The quantitative estimate of drug-likeness (QED) is 0.443. The Morgan fingerprint density at radius 3 is 2.11 bits per heavy atom. The predicted molar refractivity (Wildman–Crippen MR) is 31.7 cm³/mol. The molecule has 3 nitrogen and oxygen atoms in total. The lowest BCUT2D eigenvalue weighted by molar-refractivity contribution is 0.231. The lowest BCUT2D eigenvalue weighted by Crippen LogP contribution is -2.32. The molecule has 1 fully saturated rings. The number of hydrogen-bond acceptors (Lipinski definition) is 3. The van der Waals surface area contributed by atoms with Crippen LogP contribution in [0.5, 0.6) is 0 Å². The monoisotopic (exact) mass is 168 g/mol. The molecule has 1 aliphatic rings. The lowest BCUT2D eigenvalue weighted by atomic mass is 10.6. The van der Waals surface area contributed by atoms with E-state index in [2.05, 4.69) is 7.15 Å². The molecule has 0 unspecified atom stereocenters. The first-order chi connectivity index (χ1) is 4.01. The minimum atomic E-state index is -4.01. The smallest absolute Gasteiger partial charge is 0.385 e. The third-order valence-electron chi connectivity index (χ3n) is 1.00. The molecule has 0 N–H and O–H groups in total. The second-order valence-corrected chi connectivity index (χ2v) is 6.87. The summed E-state index contributed by atoms with van der Waals surface area (Å²) in [5.41, 5.74) is 0. The molecule has 0 aromatic carbocycles. The van der Waals surface area contributed by atoms with Crippen molar-refractivity contribution >= 4 is 22.7 Å². The van der Waals surface area contributed by atoms with Crippen LogP contribution in [0.3, 0.4) is 0 Å². The molecule has 0 aliphatic carbocycles. The van der Waals surface area contributed by atoms with Crippen molar-refractivity contribution in [1.82, 2.24) is 0 Å². The number of hydrogen-bond donors (Lipinski definition) is 0. The van der Waals surface area contributed by atoms with E-state index in [0.29, 0.717) is 0 Å². The molecule has 1 aliphatic heterocycles. The van der Waals surface area contributed by atoms with Crippen LogP contribution in [-0.2, 0) is 11.7 Å². The van der Waals surface area contributed by atoms with Crippen LogP contribution in [0, 0.1) is 0 Å². The zero-order valence-electron chi connectivity index (χ0n) is 5.20. The topological polar surface area (TPSA) is 35.5 Å². The number of halogens is 1. The van der Waals surface area contributed by atoms with E-state index in [4.69, 9.17) is 0 Å². The molecule has 0 atom stereocenters. The molecule has 9 heavy (non-hydrogen) atoms. The van der Waals surface area contributed by atoms with Gasteiger partial charge in [-0.2, -0.15) is 0 Å². The van der Waals surface area contributed by atoms with Gasteiger partial charge in [0.2, 0.25) is 0 Å². The van der Waals surface area contributed by atoms with Gasteiger partial charge in [0.25, 0.3) is 0 Å². The summed E-state index contributed by atoms with van der Waals surface area (Å²) in [4.78, 5) is 0. The van der Waals surface area contributed by atoms with Crippen molar-refractivity contribution in [3.05, 3.63) is 0 Å². The van der Waals surface area contributed by atoms with Gasteiger partial charge in [0.05, 0.1) is 0 Å². The summed E-state index contributed by atoms with van der Waals surface area (Å²) < 4.78 is 31.1. The first kappa shape index (κ1) is 7.72. The van der Waals surface area contributed by atoms with Gasteiger partial charge in [0, 0.05) is 0 Å². The van der Waals surface area contributed by atoms with Crippen LogP contribution in [0.1, 0.15) is 13.8 Å². The van der Waals surface area contributed by atoms with Crippen LogP contribution in [0.4, 0.5) is 4.20 Å². The van der Waals surface area contributed by atoms with Crippen molar-refractivity contribution in [3.63, 3.8) is 0 Å². The van der Waals surface area contributed by atoms with Gasteiger partial charge < -0.3 is 7.15 Å². The zero-order chi connectivity index (χ0) is 7.07. The summed E-state index contributed by atoms with van der Waals surface area (Å²) in [5.74, 6) is 0. The van der Waals surface area contributed by atoms with Gasteiger partial charge in [-0.3, -0.25) is 0 Å². The Kier molecular flexibility index (Phi) is 2.00. The summed E-state index contributed by atoms with van der Waals surface area (Å²) in [6.45, 7) is 3.71. The SMILES string of the molecule is C[CH](C)[Al]1[O]P(=O)(F)[O]1. The molecule has 1 heterocycles. The van der Waals surface area contributed by atoms with E-state index in [-0.39, 0.29) is 4.78 Å². The molecule has 6 heteroatoms. The fraction of sp³-hybridized carbons (Fsp3) is 1.00. The highest BCUT2D eigenvalue weighted by Crippen LogP contribution is 2.61. The average molecular weight is 168 g/mol. The van der Waals surface area contributed by atoms with Gasteiger partial charge in [-0.1, -0.05) is 13.8 Å². The lowest BCUT2D eigenvalue weighted by Gasteiger charge is -2.27. The third-order valence-corrected chi connectivity index (χ3v) is 5.77. The minimum absolute atomic E-state index is 0.197. The Morgan fingerprint density at radius 2 is 2.00 bits per heavy atom. The van der Waals surface area contributed by atoms with Crippen LogP contribution in [-0.4, -0.2) is 14.8 Å². The summed E-state index contributed by atoms with van der Waals surface area (Å²) >= 11 is -1.84. The maximum absolute atomic E-state index is 12.0. The van der Waals surface area contributed by atoms with Crippen LogP contribution < -0.4 is 0 Å². The predicted octanol–water partition coefficient (Wildman–Crippen LogP) is 2.01. The summed E-state index contributed by atoms with van der Waals surface area (Å²) in [7, 11) is -4.01. The largest absolute Gasteiger partial charge is 0.694 e. The Hall–Kier alpha value is 0.612. The third kappa shape index (κ3) is 1.76. The second kappa shape index (κ2) is 2.34. The molecule has 0 saturated carbocycles. The van der Waals surface area contributed by atoms with Crippen molar-refractivity contribution in [2.75, 3.05) is 0 Å². The van der Waals surface area contributed by atoms with Crippen LogP contribution in [0.15, 0.2) is 0 Å². The number of rotatable bonds is 1. The Morgan fingerprint density at radius 1 is 1.56 bits per heavy atom. The van der Waals surface area contributed by atoms with Crippen LogP contribution in [0.25, 0.3) is 0 Å². The van der Waals surface area contributed by atoms with Gasteiger partial charge in [0.15, 0.2) is 0 Å². The summed E-state index contributed by atoms with van der Waals surface area (Å²) in [5, 5.41) is 0. The first-order valence-electron chi connectivity index (χ1n) is 2.68. The van der Waals surface area contributed by atoms with Gasteiger partial charge in [-0.25, -0.2) is 4.57 Å².